The molecule has 0 aromatic heterocycles. The number of benzene rings is 1. The summed E-state index contributed by atoms with van der Waals surface area (Å²) in [6.45, 7) is 1.76. The summed E-state index contributed by atoms with van der Waals surface area (Å²) in [4.78, 5) is 24.0. The minimum absolute atomic E-state index is 0.0223. The summed E-state index contributed by atoms with van der Waals surface area (Å²) in [6, 6.07) is 5.61. The Bertz CT molecular complexity index is 781. The number of piperidine rings is 1. The molecule has 0 bridgehead atoms. The van der Waals surface area contributed by atoms with E-state index in [0.717, 1.165) is 32.1 Å². The van der Waals surface area contributed by atoms with Gasteiger partial charge in [0.2, 0.25) is 10.0 Å². The average molecular weight is 410 g/mol. The predicted molar refractivity (Wildman–Crippen MR) is 101 cm³/mol. The molecule has 3 rings (SSSR count). The smallest absolute Gasteiger partial charge is 0.338 e. The third-order valence-corrected chi connectivity index (χ3v) is 6.84. The van der Waals surface area contributed by atoms with Crippen molar-refractivity contribution < 1.29 is 27.5 Å². The Morgan fingerprint density at radius 3 is 2.46 bits per heavy atom. The lowest BCUT2D eigenvalue weighted by Crippen LogP contribution is -2.35. The van der Waals surface area contributed by atoms with Crippen LogP contribution < -0.4 is 5.32 Å². The van der Waals surface area contributed by atoms with Crippen LogP contribution in [0, 0.1) is 0 Å². The zero-order chi connectivity index (χ0) is 20.0. The molecule has 1 amide bonds. The summed E-state index contributed by atoms with van der Waals surface area (Å²) in [5.41, 5.74) is 0.199. The van der Waals surface area contributed by atoms with Crippen molar-refractivity contribution in [3.8, 4) is 0 Å². The molecule has 1 aromatic carbocycles. The fourth-order valence-electron chi connectivity index (χ4n) is 3.32. The molecule has 0 radical (unpaired) electrons. The van der Waals surface area contributed by atoms with E-state index in [2.05, 4.69) is 5.32 Å². The van der Waals surface area contributed by atoms with E-state index in [1.807, 2.05) is 0 Å². The highest BCUT2D eigenvalue weighted by Gasteiger charge is 2.26. The Morgan fingerprint density at radius 1 is 1.11 bits per heavy atom. The zero-order valence-corrected chi connectivity index (χ0v) is 16.6. The van der Waals surface area contributed by atoms with E-state index in [4.69, 9.17) is 9.47 Å². The van der Waals surface area contributed by atoms with Crippen molar-refractivity contribution in [3.63, 3.8) is 0 Å². The van der Waals surface area contributed by atoms with Crippen molar-refractivity contribution in [2.24, 2.45) is 0 Å². The van der Waals surface area contributed by atoms with Crippen LogP contribution in [0.3, 0.4) is 0 Å². The van der Waals surface area contributed by atoms with Crippen LogP contribution >= 0.6 is 0 Å². The minimum Gasteiger partial charge on any atom is -0.452 e. The van der Waals surface area contributed by atoms with Gasteiger partial charge in [-0.3, -0.25) is 4.79 Å². The molecule has 2 aliphatic rings. The van der Waals surface area contributed by atoms with Crippen LogP contribution in [0.1, 0.15) is 42.5 Å². The Hall–Kier alpha value is -1.97. The number of carbonyl (C=O) groups excluding carboxylic acids is 2. The van der Waals surface area contributed by atoms with Crippen LogP contribution in [0.4, 0.5) is 0 Å². The third-order valence-electron chi connectivity index (χ3n) is 4.93. The van der Waals surface area contributed by atoms with E-state index < -0.39 is 21.9 Å². The number of sulfonamides is 1. The Kier molecular flexibility index (Phi) is 7.03. The number of hydrogen-bond acceptors (Lipinski definition) is 6. The summed E-state index contributed by atoms with van der Waals surface area (Å²) >= 11 is 0. The van der Waals surface area contributed by atoms with E-state index in [0.29, 0.717) is 26.2 Å². The van der Waals surface area contributed by atoms with Crippen molar-refractivity contribution in [1.29, 1.82) is 0 Å². The van der Waals surface area contributed by atoms with Gasteiger partial charge in [-0.2, -0.15) is 4.31 Å². The van der Waals surface area contributed by atoms with Crippen LogP contribution in [-0.2, 0) is 24.3 Å². The fraction of sp³-hybridized carbons (Fsp3) is 0.579. The maximum atomic E-state index is 12.6. The van der Waals surface area contributed by atoms with Gasteiger partial charge in [0, 0.05) is 26.2 Å². The number of rotatable bonds is 7. The number of esters is 1. The molecule has 1 unspecified atom stereocenters. The second-order valence-corrected chi connectivity index (χ2v) is 8.94. The summed E-state index contributed by atoms with van der Waals surface area (Å²) in [7, 11) is -3.54. The highest BCUT2D eigenvalue weighted by molar-refractivity contribution is 7.89. The van der Waals surface area contributed by atoms with E-state index in [1.54, 1.807) is 0 Å². The molecule has 1 N–H and O–H groups in total. The lowest BCUT2D eigenvalue weighted by atomic mass is 10.2. The van der Waals surface area contributed by atoms with Crippen LogP contribution in [0.2, 0.25) is 0 Å². The fourth-order valence-corrected chi connectivity index (χ4v) is 4.83. The average Bonchev–Trinajstić information content (AvgIpc) is 3.25. The second-order valence-electron chi connectivity index (χ2n) is 7.00. The van der Waals surface area contributed by atoms with Crippen molar-refractivity contribution in [3.05, 3.63) is 29.8 Å². The summed E-state index contributed by atoms with van der Waals surface area (Å²) < 4.78 is 37.1. The first-order chi connectivity index (χ1) is 13.5. The molecule has 154 valence electrons. The molecule has 1 aromatic rings. The van der Waals surface area contributed by atoms with Gasteiger partial charge in [-0.1, -0.05) is 6.42 Å². The molecule has 2 saturated heterocycles. The SMILES string of the molecule is O=C(COC(=O)c1ccc(S(=O)(=O)N2CCCCC2)cc1)NCC1CCCO1. The van der Waals surface area contributed by atoms with Gasteiger partial charge in [-0.05, 0) is 49.9 Å². The largest absolute Gasteiger partial charge is 0.452 e. The molecule has 2 fully saturated rings. The van der Waals surface area contributed by atoms with Crippen LogP contribution in [0.15, 0.2) is 29.2 Å². The molecule has 1 atom stereocenters. The van der Waals surface area contributed by atoms with Crippen LogP contribution in [0.5, 0.6) is 0 Å². The van der Waals surface area contributed by atoms with E-state index in [1.165, 1.54) is 28.6 Å². The topological polar surface area (TPSA) is 102 Å². The highest BCUT2D eigenvalue weighted by Crippen LogP contribution is 2.21. The third kappa shape index (κ3) is 5.30. The van der Waals surface area contributed by atoms with Crippen molar-refractivity contribution in [2.45, 2.75) is 43.1 Å². The molecule has 9 heteroatoms. The molecule has 0 aliphatic carbocycles. The second kappa shape index (κ2) is 9.49. The quantitative estimate of drug-likeness (QED) is 0.680. The molecule has 8 nitrogen and oxygen atoms in total. The van der Waals surface area contributed by atoms with Gasteiger partial charge in [0.1, 0.15) is 0 Å². The first-order valence-electron chi connectivity index (χ1n) is 9.62. The number of ether oxygens (including phenoxy) is 2. The van der Waals surface area contributed by atoms with Gasteiger partial charge in [0.15, 0.2) is 6.61 Å². The molecule has 2 aliphatic heterocycles. The molecular formula is C19H26N2O6S. The Morgan fingerprint density at radius 2 is 1.82 bits per heavy atom. The van der Waals surface area contributed by atoms with Crippen molar-refractivity contribution >= 4 is 21.9 Å². The molecule has 0 saturated carbocycles. The van der Waals surface area contributed by atoms with E-state index >= 15 is 0 Å². The standard InChI is InChI=1S/C19H26N2O6S/c22-18(20-13-16-5-4-12-26-16)14-27-19(23)15-6-8-17(9-7-15)28(24,25)21-10-2-1-3-11-21/h6-9,16H,1-5,10-14H2,(H,20,22). The van der Waals surface area contributed by atoms with E-state index in [9.17, 15) is 18.0 Å². The minimum atomic E-state index is -3.54. The predicted octanol–water partition coefficient (Wildman–Crippen LogP) is 1.31. The summed E-state index contributed by atoms with van der Waals surface area (Å²) in [5.74, 6) is -1.07. The van der Waals surface area contributed by atoms with Gasteiger partial charge in [-0.25, -0.2) is 13.2 Å². The van der Waals surface area contributed by atoms with E-state index in [-0.39, 0.29) is 23.2 Å². The zero-order valence-electron chi connectivity index (χ0n) is 15.8. The normalized spacial score (nSPS) is 20.6. The van der Waals surface area contributed by atoms with Gasteiger partial charge in [0.25, 0.3) is 5.91 Å². The summed E-state index contributed by atoms with van der Waals surface area (Å²) in [5, 5.41) is 2.67. The maximum Gasteiger partial charge on any atom is 0.338 e. The maximum absolute atomic E-state index is 12.6. The van der Waals surface area contributed by atoms with Gasteiger partial charge in [-0.15, -0.1) is 0 Å². The van der Waals surface area contributed by atoms with Crippen LogP contribution in [0.25, 0.3) is 0 Å². The Labute approximate surface area is 165 Å². The van der Waals surface area contributed by atoms with Gasteiger partial charge < -0.3 is 14.8 Å². The number of carbonyl (C=O) groups is 2. The van der Waals surface area contributed by atoms with Crippen molar-refractivity contribution in [1.82, 2.24) is 9.62 Å². The molecule has 28 heavy (non-hydrogen) atoms. The van der Waals surface area contributed by atoms with Crippen molar-refractivity contribution in [2.75, 3.05) is 32.8 Å². The summed E-state index contributed by atoms with van der Waals surface area (Å²) in [6.07, 6.45) is 4.68. The number of hydrogen-bond donors (Lipinski definition) is 1. The first-order valence-corrected chi connectivity index (χ1v) is 11.1. The lowest BCUT2D eigenvalue weighted by Gasteiger charge is -2.25. The Balaban J connectivity index is 1.49. The monoisotopic (exact) mass is 410 g/mol. The van der Waals surface area contributed by atoms with Gasteiger partial charge >= 0.3 is 5.97 Å². The number of amides is 1. The first kappa shape index (κ1) is 20.8. The molecule has 2 heterocycles. The lowest BCUT2D eigenvalue weighted by molar-refractivity contribution is -0.124. The molecule has 0 spiro atoms. The molecular weight excluding hydrogens is 384 g/mol. The highest BCUT2D eigenvalue weighted by atomic mass is 32.2. The van der Waals surface area contributed by atoms with Gasteiger partial charge in [0.05, 0.1) is 16.6 Å². The number of nitrogens with one attached hydrogen (secondary N) is 1. The number of nitrogens with zero attached hydrogens (tertiary/aromatic N) is 1. The van der Waals surface area contributed by atoms with Crippen LogP contribution in [-0.4, -0.2) is 63.6 Å².